The van der Waals surface area contributed by atoms with E-state index < -0.39 is 5.97 Å². The van der Waals surface area contributed by atoms with E-state index in [1.807, 2.05) is 42.5 Å². The van der Waals surface area contributed by atoms with Gasteiger partial charge in [-0.3, -0.25) is 0 Å². The summed E-state index contributed by atoms with van der Waals surface area (Å²) in [5.41, 5.74) is 3.23. The molecule has 2 N–H and O–H groups in total. The number of hydrogen-bond donors (Lipinski definition) is 2. The molecule has 0 bridgehead atoms. The highest BCUT2D eigenvalue weighted by Crippen LogP contribution is 2.18. The molecule has 6 nitrogen and oxygen atoms in total. The minimum atomic E-state index is -1.05. The fourth-order valence-electron chi connectivity index (χ4n) is 2.63. The van der Waals surface area contributed by atoms with Crippen LogP contribution >= 0.6 is 0 Å². The molecule has 22 heavy (non-hydrogen) atoms. The fourth-order valence-corrected chi connectivity index (χ4v) is 2.63. The number of aromatic nitrogens is 4. The van der Waals surface area contributed by atoms with Crippen LogP contribution in [-0.2, 0) is 6.54 Å². The van der Waals surface area contributed by atoms with Crippen molar-refractivity contribution in [2.45, 2.75) is 6.54 Å². The van der Waals surface area contributed by atoms with Crippen molar-refractivity contribution in [3.63, 3.8) is 0 Å². The zero-order valence-corrected chi connectivity index (χ0v) is 11.5. The summed E-state index contributed by atoms with van der Waals surface area (Å²) in [7, 11) is 0. The zero-order chi connectivity index (χ0) is 15.1. The number of nitrogens with zero attached hydrogens (tertiary/aromatic N) is 3. The smallest absolute Gasteiger partial charge is 0.372 e. The van der Waals surface area contributed by atoms with Gasteiger partial charge in [0.25, 0.3) is 0 Å². The highest BCUT2D eigenvalue weighted by Gasteiger charge is 2.17. The molecule has 6 heteroatoms. The van der Waals surface area contributed by atoms with Gasteiger partial charge in [-0.2, -0.15) is 0 Å². The Morgan fingerprint density at radius 2 is 1.77 bits per heavy atom. The van der Waals surface area contributed by atoms with Crippen LogP contribution in [0.3, 0.4) is 0 Å². The summed E-state index contributed by atoms with van der Waals surface area (Å²) in [5.74, 6) is -0.333. The number of hydrogen-bond acceptors (Lipinski definition) is 3. The quantitative estimate of drug-likeness (QED) is 0.608. The van der Waals surface area contributed by atoms with Crippen molar-refractivity contribution >= 4 is 28.0 Å². The van der Waals surface area contributed by atoms with E-state index in [-0.39, 0.29) is 5.82 Å². The van der Waals surface area contributed by atoms with Crippen molar-refractivity contribution < 1.29 is 9.90 Å². The first-order valence-corrected chi connectivity index (χ1v) is 6.84. The molecule has 108 valence electrons. The van der Waals surface area contributed by atoms with E-state index in [1.54, 1.807) is 10.6 Å². The Morgan fingerprint density at radius 1 is 1.05 bits per heavy atom. The second-order valence-electron chi connectivity index (χ2n) is 5.02. The molecule has 2 aromatic carbocycles. The van der Waals surface area contributed by atoms with Crippen LogP contribution in [0.15, 0.2) is 48.5 Å². The maximum atomic E-state index is 11.4. The second-order valence-corrected chi connectivity index (χ2v) is 5.02. The van der Waals surface area contributed by atoms with Gasteiger partial charge in [0.15, 0.2) is 0 Å². The van der Waals surface area contributed by atoms with E-state index >= 15 is 0 Å². The minimum absolute atomic E-state index is 0.0154. The number of carboxylic acid groups (broad SMARTS) is 1. The fraction of sp³-hybridized carbons (Fsp3) is 0.0625. The summed E-state index contributed by atoms with van der Waals surface area (Å²) < 4.78 is 1.66. The molecule has 4 aromatic rings. The molecule has 0 spiro atoms. The minimum Gasteiger partial charge on any atom is -0.475 e. The average molecular weight is 292 g/mol. The lowest BCUT2D eigenvalue weighted by molar-refractivity contribution is 0.0679. The summed E-state index contributed by atoms with van der Waals surface area (Å²) in [6, 6.07) is 15.1. The van der Waals surface area contributed by atoms with Gasteiger partial charge in [0.05, 0.1) is 28.6 Å². The number of imidazole rings is 2. The van der Waals surface area contributed by atoms with Crippen LogP contribution in [0.25, 0.3) is 22.1 Å². The number of benzene rings is 2. The number of para-hydroxylation sites is 4. The van der Waals surface area contributed by atoms with Gasteiger partial charge in [0.1, 0.15) is 5.82 Å². The maximum absolute atomic E-state index is 11.4. The van der Waals surface area contributed by atoms with Gasteiger partial charge in [-0.05, 0) is 24.3 Å². The Bertz CT molecular complexity index is 967. The predicted molar refractivity (Wildman–Crippen MR) is 81.9 cm³/mol. The predicted octanol–water partition coefficient (Wildman–Crippen LogP) is 2.66. The van der Waals surface area contributed by atoms with E-state index in [0.717, 1.165) is 16.6 Å². The molecule has 2 aromatic heterocycles. The van der Waals surface area contributed by atoms with Crippen molar-refractivity contribution in [1.29, 1.82) is 0 Å². The number of aromatic carboxylic acids is 1. The molecule has 0 aliphatic carbocycles. The van der Waals surface area contributed by atoms with Gasteiger partial charge >= 0.3 is 5.97 Å². The molecule has 2 heterocycles. The third-order valence-corrected chi connectivity index (χ3v) is 3.59. The van der Waals surface area contributed by atoms with Crippen LogP contribution in [0.4, 0.5) is 0 Å². The van der Waals surface area contributed by atoms with Crippen molar-refractivity contribution in [3.8, 4) is 0 Å². The molecule has 0 saturated carbocycles. The number of fused-ring (bicyclic) bond motifs is 2. The van der Waals surface area contributed by atoms with E-state index in [4.69, 9.17) is 0 Å². The molecular formula is C16H12N4O2. The van der Waals surface area contributed by atoms with E-state index in [2.05, 4.69) is 15.0 Å². The first kappa shape index (κ1) is 12.6. The first-order valence-electron chi connectivity index (χ1n) is 6.84. The third-order valence-electron chi connectivity index (χ3n) is 3.59. The number of carboxylic acids is 1. The molecule has 0 fully saturated rings. The van der Waals surface area contributed by atoms with Crippen LogP contribution in [0.1, 0.15) is 16.4 Å². The molecule has 0 aliphatic rings. The van der Waals surface area contributed by atoms with Crippen LogP contribution in [-0.4, -0.2) is 30.6 Å². The zero-order valence-electron chi connectivity index (χ0n) is 11.5. The van der Waals surface area contributed by atoms with Crippen LogP contribution < -0.4 is 0 Å². The highest BCUT2D eigenvalue weighted by atomic mass is 16.4. The molecule has 0 unspecified atom stereocenters. The summed E-state index contributed by atoms with van der Waals surface area (Å²) >= 11 is 0. The Kier molecular flexibility index (Phi) is 2.69. The van der Waals surface area contributed by atoms with Crippen molar-refractivity contribution in [2.24, 2.45) is 0 Å². The van der Waals surface area contributed by atoms with E-state index in [1.165, 1.54) is 0 Å². The molecular weight excluding hydrogens is 280 g/mol. The monoisotopic (exact) mass is 292 g/mol. The largest absolute Gasteiger partial charge is 0.475 e. The standard InChI is InChI=1S/C16H12N4O2/c21-16(22)15-19-12-7-3-4-8-13(12)20(15)9-14-17-10-5-1-2-6-11(10)18-14/h1-8H,9H2,(H,17,18)(H,21,22). The lowest BCUT2D eigenvalue weighted by Crippen LogP contribution is -2.11. The molecule has 4 rings (SSSR count). The van der Waals surface area contributed by atoms with E-state index in [9.17, 15) is 9.90 Å². The molecule has 0 saturated heterocycles. The number of aromatic amines is 1. The van der Waals surface area contributed by atoms with Crippen molar-refractivity contribution in [3.05, 3.63) is 60.2 Å². The molecule has 0 aliphatic heterocycles. The summed E-state index contributed by atoms with van der Waals surface area (Å²) in [6.45, 7) is 0.330. The Labute approximate surface area is 125 Å². The Balaban J connectivity index is 1.86. The van der Waals surface area contributed by atoms with Gasteiger partial charge < -0.3 is 14.7 Å². The lowest BCUT2D eigenvalue weighted by atomic mass is 10.3. The lowest BCUT2D eigenvalue weighted by Gasteiger charge is -2.04. The van der Waals surface area contributed by atoms with Crippen LogP contribution in [0, 0.1) is 0 Å². The molecule has 0 amide bonds. The average Bonchev–Trinajstić information content (AvgIpc) is 3.09. The summed E-state index contributed by atoms with van der Waals surface area (Å²) in [5, 5.41) is 9.37. The highest BCUT2D eigenvalue weighted by molar-refractivity contribution is 5.89. The van der Waals surface area contributed by atoms with E-state index in [0.29, 0.717) is 17.9 Å². The van der Waals surface area contributed by atoms with Crippen LogP contribution in [0.5, 0.6) is 0 Å². The van der Waals surface area contributed by atoms with Gasteiger partial charge in [-0.15, -0.1) is 0 Å². The molecule has 0 radical (unpaired) electrons. The van der Waals surface area contributed by atoms with Gasteiger partial charge in [0, 0.05) is 0 Å². The number of rotatable bonds is 3. The summed E-state index contributed by atoms with van der Waals surface area (Å²) in [6.07, 6.45) is 0. The third kappa shape index (κ3) is 1.93. The Hall–Kier alpha value is -3.15. The van der Waals surface area contributed by atoms with Gasteiger partial charge in [0.2, 0.25) is 5.82 Å². The van der Waals surface area contributed by atoms with Gasteiger partial charge in [-0.1, -0.05) is 24.3 Å². The topological polar surface area (TPSA) is 83.8 Å². The number of H-pyrrole nitrogens is 1. The SMILES string of the molecule is O=C(O)c1nc2ccccc2n1Cc1nc2ccccc2[nH]1. The normalized spacial score (nSPS) is 11.3. The number of nitrogens with one attached hydrogen (secondary N) is 1. The number of carbonyl (C=O) groups is 1. The van der Waals surface area contributed by atoms with Gasteiger partial charge in [-0.25, -0.2) is 14.8 Å². The Morgan fingerprint density at radius 3 is 2.55 bits per heavy atom. The summed E-state index contributed by atoms with van der Waals surface area (Å²) in [4.78, 5) is 23.3. The maximum Gasteiger partial charge on any atom is 0.372 e. The first-order chi connectivity index (χ1) is 10.7. The second kappa shape index (κ2) is 4.70. The van der Waals surface area contributed by atoms with Crippen molar-refractivity contribution in [2.75, 3.05) is 0 Å². The molecule has 0 atom stereocenters. The van der Waals surface area contributed by atoms with Crippen LogP contribution in [0.2, 0.25) is 0 Å². The van der Waals surface area contributed by atoms with Crippen molar-refractivity contribution in [1.82, 2.24) is 19.5 Å².